The summed E-state index contributed by atoms with van der Waals surface area (Å²) < 4.78 is 10.1. The first-order valence-corrected chi connectivity index (χ1v) is 6.86. The highest BCUT2D eigenvalue weighted by molar-refractivity contribution is 5.72. The second-order valence-corrected chi connectivity index (χ2v) is 4.93. The molecule has 0 amide bonds. The van der Waals surface area contributed by atoms with Gasteiger partial charge in [0.05, 0.1) is 13.0 Å². The normalized spacial score (nSPS) is 12.1. The summed E-state index contributed by atoms with van der Waals surface area (Å²) in [6.45, 7) is 7.61. The van der Waals surface area contributed by atoms with Crippen LogP contribution in [-0.4, -0.2) is 18.5 Å². The van der Waals surface area contributed by atoms with Crippen LogP contribution >= 0.6 is 0 Å². The molecule has 4 nitrogen and oxygen atoms in total. The molecule has 1 aromatic rings. The van der Waals surface area contributed by atoms with E-state index in [0.29, 0.717) is 12.5 Å². The number of ether oxygens (including phenoxy) is 2. The Balaban J connectivity index is 2.86. The fourth-order valence-corrected chi connectivity index (χ4v) is 1.89. The van der Waals surface area contributed by atoms with E-state index < -0.39 is 12.1 Å². The number of carbonyl (C=O) groups excluding carboxylic acids is 2. The van der Waals surface area contributed by atoms with Crippen LogP contribution in [0.5, 0.6) is 0 Å². The predicted molar refractivity (Wildman–Crippen MR) is 76.3 cm³/mol. The van der Waals surface area contributed by atoms with Gasteiger partial charge in [0.1, 0.15) is 6.10 Å². The zero-order valence-corrected chi connectivity index (χ0v) is 12.5. The standard InChI is InChI=1S/C16H22O4/c1-5-19-16(18)10-15(20-12(4)17)14-8-6-13(7-9-14)11(2)3/h6-9,11,15H,5,10H2,1-4H3. The lowest BCUT2D eigenvalue weighted by Gasteiger charge is -2.17. The van der Waals surface area contributed by atoms with Gasteiger partial charge < -0.3 is 9.47 Å². The summed E-state index contributed by atoms with van der Waals surface area (Å²) >= 11 is 0. The van der Waals surface area contributed by atoms with Crippen molar-refractivity contribution in [2.75, 3.05) is 6.61 Å². The monoisotopic (exact) mass is 278 g/mol. The summed E-state index contributed by atoms with van der Waals surface area (Å²) in [5.74, 6) is -0.347. The fourth-order valence-electron chi connectivity index (χ4n) is 1.89. The van der Waals surface area contributed by atoms with E-state index in [1.54, 1.807) is 6.92 Å². The number of rotatable bonds is 6. The average Bonchev–Trinajstić information content (AvgIpc) is 2.38. The van der Waals surface area contributed by atoms with Crippen molar-refractivity contribution >= 4 is 11.9 Å². The van der Waals surface area contributed by atoms with Crippen LogP contribution in [0.4, 0.5) is 0 Å². The van der Waals surface area contributed by atoms with E-state index in [0.717, 1.165) is 5.56 Å². The maximum Gasteiger partial charge on any atom is 0.309 e. The SMILES string of the molecule is CCOC(=O)CC(OC(C)=O)c1ccc(C(C)C)cc1. The van der Waals surface area contributed by atoms with E-state index in [1.807, 2.05) is 24.3 Å². The molecule has 0 saturated carbocycles. The maximum atomic E-state index is 11.6. The summed E-state index contributed by atoms with van der Waals surface area (Å²) in [4.78, 5) is 22.7. The molecule has 4 heteroatoms. The smallest absolute Gasteiger partial charge is 0.309 e. The van der Waals surface area contributed by atoms with Gasteiger partial charge in [-0.05, 0) is 24.0 Å². The third kappa shape index (κ3) is 5.03. The van der Waals surface area contributed by atoms with Crippen LogP contribution in [0.25, 0.3) is 0 Å². The molecule has 1 aromatic carbocycles. The summed E-state index contributed by atoms with van der Waals surface area (Å²) in [5.41, 5.74) is 2.00. The first-order valence-electron chi connectivity index (χ1n) is 6.86. The van der Waals surface area contributed by atoms with Crippen LogP contribution in [0.2, 0.25) is 0 Å². The Morgan fingerprint density at radius 1 is 1.10 bits per heavy atom. The Morgan fingerprint density at radius 3 is 2.10 bits per heavy atom. The summed E-state index contributed by atoms with van der Waals surface area (Å²) in [6, 6.07) is 7.76. The lowest BCUT2D eigenvalue weighted by atomic mass is 9.99. The van der Waals surface area contributed by atoms with Crippen LogP contribution in [-0.2, 0) is 19.1 Å². The van der Waals surface area contributed by atoms with Crippen LogP contribution in [0.3, 0.4) is 0 Å². The van der Waals surface area contributed by atoms with Gasteiger partial charge in [0, 0.05) is 6.92 Å². The van der Waals surface area contributed by atoms with Gasteiger partial charge in [-0.15, -0.1) is 0 Å². The van der Waals surface area contributed by atoms with Crippen LogP contribution in [0.1, 0.15) is 57.3 Å². The zero-order valence-electron chi connectivity index (χ0n) is 12.5. The zero-order chi connectivity index (χ0) is 15.1. The van der Waals surface area contributed by atoms with Crippen LogP contribution in [0.15, 0.2) is 24.3 Å². The lowest BCUT2D eigenvalue weighted by Crippen LogP contribution is -2.15. The molecule has 1 rings (SSSR count). The van der Waals surface area contributed by atoms with E-state index in [-0.39, 0.29) is 12.4 Å². The topological polar surface area (TPSA) is 52.6 Å². The number of hydrogen-bond acceptors (Lipinski definition) is 4. The number of hydrogen-bond donors (Lipinski definition) is 0. The highest BCUT2D eigenvalue weighted by Gasteiger charge is 2.20. The van der Waals surface area contributed by atoms with Crippen molar-refractivity contribution in [3.8, 4) is 0 Å². The molecule has 0 saturated heterocycles. The molecule has 1 unspecified atom stereocenters. The third-order valence-electron chi connectivity index (χ3n) is 2.94. The number of carbonyl (C=O) groups is 2. The Labute approximate surface area is 120 Å². The predicted octanol–water partition coefficient (Wildman–Crippen LogP) is 3.37. The lowest BCUT2D eigenvalue weighted by molar-refractivity contribution is -0.153. The molecule has 0 radical (unpaired) electrons. The van der Waals surface area contributed by atoms with Crippen LogP contribution < -0.4 is 0 Å². The van der Waals surface area contributed by atoms with Crippen molar-refractivity contribution in [1.82, 2.24) is 0 Å². The fraction of sp³-hybridized carbons (Fsp3) is 0.500. The quantitative estimate of drug-likeness (QED) is 0.749. The third-order valence-corrected chi connectivity index (χ3v) is 2.94. The van der Waals surface area contributed by atoms with Crippen molar-refractivity contribution < 1.29 is 19.1 Å². The molecule has 1 atom stereocenters. The average molecular weight is 278 g/mol. The van der Waals surface area contributed by atoms with Gasteiger partial charge in [0.25, 0.3) is 0 Å². The van der Waals surface area contributed by atoms with Crippen molar-refractivity contribution in [2.45, 2.75) is 46.1 Å². The molecule has 110 valence electrons. The number of benzene rings is 1. The molecular weight excluding hydrogens is 256 g/mol. The molecule has 0 spiro atoms. The van der Waals surface area contributed by atoms with Crippen LogP contribution in [0, 0.1) is 0 Å². The van der Waals surface area contributed by atoms with Gasteiger partial charge in [0.2, 0.25) is 0 Å². The minimum absolute atomic E-state index is 0.0362. The highest BCUT2D eigenvalue weighted by Crippen LogP contribution is 2.24. The first kappa shape index (κ1) is 16.2. The van der Waals surface area contributed by atoms with Gasteiger partial charge in [0.15, 0.2) is 0 Å². The molecule has 0 heterocycles. The van der Waals surface area contributed by atoms with Crippen molar-refractivity contribution in [1.29, 1.82) is 0 Å². The molecule has 0 aliphatic heterocycles. The van der Waals surface area contributed by atoms with E-state index in [2.05, 4.69) is 13.8 Å². The van der Waals surface area contributed by atoms with Crippen molar-refractivity contribution in [3.05, 3.63) is 35.4 Å². The molecule has 0 aromatic heterocycles. The first-order chi connectivity index (χ1) is 9.43. The second-order valence-electron chi connectivity index (χ2n) is 4.93. The molecule has 0 aliphatic carbocycles. The van der Waals surface area contributed by atoms with Crippen molar-refractivity contribution in [3.63, 3.8) is 0 Å². The van der Waals surface area contributed by atoms with Gasteiger partial charge in [-0.25, -0.2) is 0 Å². The minimum atomic E-state index is -0.590. The molecule has 0 aliphatic rings. The molecule has 0 bridgehead atoms. The van der Waals surface area contributed by atoms with Gasteiger partial charge in [-0.3, -0.25) is 9.59 Å². The second kappa shape index (κ2) is 7.68. The highest BCUT2D eigenvalue weighted by atomic mass is 16.6. The Bertz CT molecular complexity index is 448. The Morgan fingerprint density at radius 2 is 1.65 bits per heavy atom. The van der Waals surface area contributed by atoms with E-state index >= 15 is 0 Å². The minimum Gasteiger partial charge on any atom is -0.466 e. The van der Waals surface area contributed by atoms with Gasteiger partial charge >= 0.3 is 11.9 Å². The van der Waals surface area contributed by atoms with Gasteiger partial charge in [-0.2, -0.15) is 0 Å². The van der Waals surface area contributed by atoms with Gasteiger partial charge in [-0.1, -0.05) is 38.1 Å². The summed E-state index contributed by atoms with van der Waals surface area (Å²) in [5, 5.41) is 0. The van der Waals surface area contributed by atoms with E-state index in [9.17, 15) is 9.59 Å². The molecule has 0 N–H and O–H groups in total. The molecule has 20 heavy (non-hydrogen) atoms. The molecule has 0 fully saturated rings. The van der Waals surface area contributed by atoms with E-state index in [1.165, 1.54) is 12.5 Å². The summed E-state index contributed by atoms with van der Waals surface area (Å²) in [7, 11) is 0. The van der Waals surface area contributed by atoms with Crippen molar-refractivity contribution in [2.24, 2.45) is 0 Å². The molecular formula is C16H22O4. The maximum absolute atomic E-state index is 11.6. The Kier molecular flexibility index (Phi) is 6.22. The largest absolute Gasteiger partial charge is 0.466 e. The van der Waals surface area contributed by atoms with E-state index in [4.69, 9.17) is 9.47 Å². The Hall–Kier alpha value is -1.84. The summed E-state index contributed by atoms with van der Waals surface area (Å²) in [6.07, 6.45) is -0.554. The number of esters is 2.